The molecule has 0 fully saturated rings. The summed E-state index contributed by atoms with van der Waals surface area (Å²) in [5.74, 6) is 0. The van der Waals surface area contributed by atoms with E-state index in [1.165, 1.54) is 12.4 Å². The molecule has 3 nitrogen and oxygen atoms in total. The summed E-state index contributed by atoms with van der Waals surface area (Å²) >= 11 is 0. The molecule has 0 bridgehead atoms. The van der Waals surface area contributed by atoms with Crippen LogP contribution >= 0.6 is 0 Å². The fourth-order valence-electron chi connectivity index (χ4n) is 0.0224. The summed E-state index contributed by atoms with van der Waals surface area (Å²) in [7, 11) is 0. The van der Waals surface area contributed by atoms with E-state index in [9.17, 15) is 0 Å². The van der Waals surface area contributed by atoms with Crippen LogP contribution in [0.5, 0.6) is 0 Å². The van der Waals surface area contributed by atoms with Crippen molar-refractivity contribution < 1.29 is 22.4 Å². The maximum atomic E-state index is 7.43. The molecule has 0 aliphatic heterocycles. The molecular formula is C2AgN3. The average molecular weight is 174 g/mol. The van der Waals surface area contributed by atoms with E-state index in [2.05, 4.69) is 5.32 Å². The number of hydrogen-bond acceptors (Lipinski definition) is 2. The Morgan fingerprint density at radius 1 is 1.17 bits per heavy atom. The summed E-state index contributed by atoms with van der Waals surface area (Å²) in [6, 6.07) is 0. The van der Waals surface area contributed by atoms with Crippen LogP contribution in [0.1, 0.15) is 0 Å². The van der Waals surface area contributed by atoms with Gasteiger partial charge in [-0.05, 0) is 0 Å². The van der Waals surface area contributed by atoms with Crippen LogP contribution in [0, 0.1) is 22.9 Å². The Morgan fingerprint density at radius 3 is 1.50 bits per heavy atom. The summed E-state index contributed by atoms with van der Waals surface area (Å²) < 4.78 is 0. The molecule has 0 aliphatic rings. The summed E-state index contributed by atoms with van der Waals surface area (Å²) in [6.07, 6.45) is 2.56. The van der Waals surface area contributed by atoms with Crippen LogP contribution in [0.2, 0.25) is 0 Å². The zero-order valence-corrected chi connectivity index (χ0v) is 4.13. The molecule has 0 aromatic heterocycles. The van der Waals surface area contributed by atoms with E-state index in [-0.39, 0.29) is 22.4 Å². The first-order chi connectivity index (χ1) is 2.41. The maximum Gasteiger partial charge on any atom is 1.00 e. The standard InChI is InChI=1S/C2N3.Ag/c3-1-5-2-4;/q-1;+1. The molecule has 34 valence electrons. The largest absolute Gasteiger partial charge is 1.00 e. The summed E-state index contributed by atoms with van der Waals surface area (Å²) in [6.45, 7) is 0. The van der Waals surface area contributed by atoms with Gasteiger partial charge in [0.15, 0.2) is 0 Å². The van der Waals surface area contributed by atoms with Gasteiger partial charge in [0, 0.05) is 12.4 Å². The molecule has 0 N–H and O–H groups in total. The van der Waals surface area contributed by atoms with Crippen molar-refractivity contribution in [3.05, 3.63) is 5.32 Å². The molecule has 0 saturated carbocycles. The minimum atomic E-state index is 0. The molecule has 0 atom stereocenters. The quantitative estimate of drug-likeness (QED) is 0.392. The predicted octanol–water partition coefficient (Wildman–Crippen LogP) is 0.320. The van der Waals surface area contributed by atoms with Gasteiger partial charge in [0.05, 0.1) is 0 Å². The van der Waals surface area contributed by atoms with Crippen molar-refractivity contribution in [3.63, 3.8) is 0 Å². The van der Waals surface area contributed by atoms with E-state index in [0.717, 1.165) is 0 Å². The van der Waals surface area contributed by atoms with Crippen LogP contribution in [0.15, 0.2) is 0 Å². The topological polar surface area (TPSA) is 61.7 Å². The molecule has 0 saturated heterocycles. The van der Waals surface area contributed by atoms with Crippen molar-refractivity contribution in [2.24, 2.45) is 0 Å². The second kappa shape index (κ2) is 8.82. The first kappa shape index (κ1) is 9.10. The van der Waals surface area contributed by atoms with Crippen molar-refractivity contribution in [1.29, 1.82) is 10.5 Å². The molecule has 0 aliphatic carbocycles. The number of nitrogens with zero attached hydrogens (tertiary/aromatic N) is 3. The van der Waals surface area contributed by atoms with E-state index < -0.39 is 0 Å². The Balaban J connectivity index is 0. The molecule has 0 aromatic rings. The van der Waals surface area contributed by atoms with Gasteiger partial charge in [-0.25, -0.2) is 0 Å². The fraction of sp³-hybridized carbons (Fsp3) is 0. The normalized spacial score (nSPS) is 3.00. The van der Waals surface area contributed by atoms with Crippen molar-refractivity contribution in [2.75, 3.05) is 0 Å². The van der Waals surface area contributed by atoms with Gasteiger partial charge in [0.2, 0.25) is 0 Å². The van der Waals surface area contributed by atoms with Gasteiger partial charge in [-0.3, -0.25) is 5.32 Å². The van der Waals surface area contributed by atoms with E-state index in [0.29, 0.717) is 0 Å². The molecular weight excluding hydrogens is 174 g/mol. The van der Waals surface area contributed by atoms with Crippen LogP contribution in [0.3, 0.4) is 0 Å². The summed E-state index contributed by atoms with van der Waals surface area (Å²) in [5, 5.41) is 17.4. The first-order valence-electron chi connectivity index (χ1n) is 0.894. The predicted molar refractivity (Wildman–Crippen MR) is 14.6 cm³/mol. The minimum absolute atomic E-state index is 0. The molecule has 0 heterocycles. The summed E-state index contributed by atoms with van der Waals surface area (Å²) in [5.41, 5.74) is 0. The third-order valence-corrected chi connectivity index (χ3v) is 0.100. The molecule has 0 amide bonds. The van der Waals surface area contributed by atoms with Crippen molar-refractivity contribution in [1.82, 2.24) is 0 Å². The van der Waals surface area contributed by atoms with Gasteiger partial charge in [-0.2, -0.15) is 0 Å². The first-order valence-corrected chi connectivity index (χ1v) is 0.894. The fourth-order valence-corrected chi connectivity index (χ4v) is 0.0224. The molecule has 0 radical (unpaired) electrons. The monoisotopic (exact) mass is 173 g/mol. The Hall–Kier alpha value is -0.480. The number of rotatable bonds is 0. The van der Waals surface area contributed by atoms with Crippen LogP contribution in [0.4, 0.5) is 0 Å². The molecule has 4 heteroatoms. The van der Waals surface area contributed by atoms with Crippen LogP contribution in [-0.4, -0.2) is 0 Å². The van der Waals surface area contributed by atoms with Crippen LogP contribution in [-0.2, 0) is 22.4 Å². The van der Waals surface area contributed by atoms with Gasteiger partial charge >= 0.3 is 22.4 Å². The third-order valence-electron chi connectivity index (χ3n) is 0.100. The Kier molecular flexibility index (Phi) is 13.4. The SMILES string of the molecule is N#C[N-]C#N.[Ag+]. The molecule has 0 spiro atoms. The van der Waals surface area contributed by atoms with E-state index >= 15 is 0 Å². The van der Waals surface area contributed by atoms with Gasteiger partial charge in [0.1, 0.15) is 0 Å². The summed E-state index contributed by atoms with van der Waals surface area (Å²) in [4.78, 5) is 0. The van der Waals surface area contributed by atoms with Gasteiger partial charge in [-0.1, -0.05) is 0 Å². The number of hydrogen-bond donors (Lipinski definition) is 0. The Bertz CT molecular complexity index is 73.9. The minimum Gasteiger partial charge on any atom is -0.385 e. The zero-order valence-electron chi connectivity index (χ0n) is 2.64. The second-order valence-corrected chi connectivity index (χ2v) is 0.312. The van der Waals surface area contributed by atoms with Crippen molar-refractivity contribution in [2.45, 2.75) is 0 Å². The van der Waals surface area contributed by atoms with E-state index in [4.69, 9.17) is 10.5 Å². The zero-order chi connectivity index (χ0) is 4.12. The molecule has 0 unspecified atom stereocenters. The van der Waals surface area contributed by atoms with Crippen molar-refractivity contribution in [3.8, 4) is 12.4 Å². The van der Waals surface area contributed by atoms with Gasteiger partial charge in [0.25, 0.3) is 0 Å². The Morgan fingerprint density at radius 2 is 1.50 bits per heavy atom. The Labute approximate surface area is 51.1 Å². The average Bonchev–Trinajstić information content (AvgIpc) is 1.41. The molecule has 6 heavy (non-hydrogen) atoms. The number of nitriles is 2. The second-order valence-electron chi connectivity index (χ2n) is 0.312. The molecule has 0 aromatic carbocycles. The van der Waals surface area contributed by atoms with E-state index in [1.807, 2.05) is 0 Å². The maximum absolute atomic E-state index is 7.43. The van der Waals surface area contributed by atoms with Crippen molar-refractivity contribution >= 4 is 0 Å². The van der Waals surface area contributed by atoms with Crippen LogP contribution < -0.4 is 0 Å². The van der Waals surface area contributed by atoms with Gasteiger partial charge in [-0.15, -0.1) is 0 Å². The van der Waals surface area contributed by atoms with Gasteiger partial charge < -0.3 is 10.5 Å². The van der Waals surface area contributed by atoms with Crippen LogP contribution in [0.25, 0.3) is 5.32 Å². The third kappa shape index (κ3) is 9.67. The smallest absolute Gasteiger partial charge is 0.385 e. The molecule has 0 rings (SSSR count). The van der Waals surface area contributed by atoms with E-state index in [1.54, 1.807) is 0 Å².